The molecular weight excluding hydrogens is 224 g/mol. The minimum Gasteiger partial charge on any atom is -0.464 e. The zero-order chi connectivity index (χ0) is 13.1. The molecule has 0 fully saturated rings. The highest BCUT2D eigenvalue weighted by atomic mass is 16.3. The van der Waals surface area contributed by atoms with Gasteiger partial charge >= 0.3 is 0 Å². The second-order valence-corrected chi connectivity index (χ2v) is 4.72. The van der Waals surface area contributed by atoms with Crippen LogP contribution in [0.5, 0.6) is 0 Å². The number of para-hydroxylation sites is 1. The molecule has 2 N–H and O–H groups in total. The number of hydrogen-bond donors (Lipinski definition) is 1. The molecule has 3 nitrogen and oxygen atoms in total. The lowest BCUT2D eigenvalue weighted by Crippen LogP contribution is -2.19. The molecule has 1 aromatic carbocycles. The molecule has 1 aromatic heterocycles. The molecule has 0 amide bonds. The molecule has 0 aliphatic heterocycles. The number of aryl methyl sites for hydroxylation is 1. The highest BCUT2D eigenvalue weighted by Crippen LogP contribution is 2.25. The lowest BCUT2D eigenvalue weighted by atomic mass is 10.1. The smallest absolute Gasteiger partial charge is 0.123 e. The summed E-state index contributed by atoms with van der Waals surface area (Å²) in [6.07, 6.45) is 0. The summed E-state index contributed by atoms with van der Waals surface area (Å²) in [6, 6.07) is 12.2. The Hall–Kier alpha value is -1.74. The first-order chi connectivity index (χ1) is 8.58. The highest BCUT2D eigenvalue weighted by molar-refractivity contribution is 5.54. The molecule has 0 saturated carbocycles. The molecular formula is C15H20N2O. The van der Waals surface area contributed by atoms with Gasteiger partial charge in [0.25, 0.3) is 0 Å². The molecule has 2 rings (SSSR count). The van der Waals surface area contributed by atoms with Crippen LogP contribution in [0.2, 0.25) is 0 Å². The van der Waals surface area contributed by atoms with Gasteiger partial charge in [0, 0.05) is 18.8 Å². The predicted molar refractivity (Wildman–Crippen MR) is 74.6 cm³/mol. The van der Waals surface area contributed by atoms with Crippen molar-refractivity contribution in [1.82, 2.24) is 0 Å². The molecule has 3 heteroatoms. The Bertz CT molecular complexity index is 517. The second-order valence-electron chi connectivity index (χ2n) is 4.72. The summed E-state index contributed by atoms with van der Waals surface area (Å²) in [5.41, 5.74) is 8.31. The Kier molecular flexibility index (Phi) is 3.72. The van der Waals surface area contributed by atoms with Gasteiger partial charge in [-0.3, -0.25) is 0 Å². The summed E-state index contributed by atoms with van der Waals surface area (Å²) in [6.45, 7) is 4.71. The molecule has 1 heterocycles. The van der Waals surface area contributed by atoms with Crippen LogP contribution in [-0.2, 0) is 6.54 Å². The van der Waals surface area contributed by atoms with Crippen molar-refractivity contribution in [1.29, 1.82) is 0 Å². The van der Waals surface area contributed by atoms with E-state index in [1.807, 2.05) is 38.1 Å². The zero-order valence-electron chi connectivity index (χ0n) is 11.2. The summed E-state index contributed by atoms with van der Waals surface area (Å²) in [4.78, 5) is 2.16. The van der Waals surface area contributed by atoms with E-state index < -0.39 is 0 Å². The molecule has 0 aliphatic carbocycles. The number of furan rings is 1. The monoisotopic (exact) mass is 244 g/mol. The fourth-order valence-corrected chi connectivity index (χ4v) is 2.11. The van der Waals surface area contributed by atoms with Gasteiger partial charge in [-0.1, -0.05) is 18.2 Å². The Morgan fingerprint density at radius 2 is 1.94 bits per heavy atom. The van der Waals surface area contributed by atoms with Gasteiger partial charge < -0.3 is 15.1 Å². The quantitative estimate of drug-likeness (QED) is 0.897. The van der Waals surface area contributed by atoms with Crippen molar-refractivity contribution in [2.45, 2.75) is 26.4 Å². The van der Waals surface area contributed by atoms with Crippen LogP contribution in [0.4, 0.5) is 5.69 Å². The highest BCUT2D eigenvalue weighted by Gasteiger charge is 2.11. The van der Waals surface area contributed by atoms with Crippen LogP contribution in [0.25, 0.3) is 0 Å². The third-order valence-corrected chi connectivity index (χ3v) is 3.03. The van der Waals surface area contributed by atoms with Gasteiger partial charge in [0.05, 0.1) is 6.54 Å². The maximum Gasteiger partial charge on any atom is 0.123 e. The third kappa shape index (κ3) is 2.74. The molecule has 0 unspecified atom stereocenters. The fourth-order valence-electron chi connectivity index (χ4n) is 2.11. The predicted octanol–water partition coefficient (Wildman–Crippen LogP) is 3.24. The van der Waals surface area contributed by atoms with E-state index >= 15 is 0 Å². The topological polar surface area (TPSA) is 42.4 Å². The van der Waals surface area contributed by atoms with Gasteiger partial charge in [0.2, 0.25) is 0 Å². The maximum atomic E-state index is 6.00. The number of nitrogens with zero attached hydrogens (tertiary/aromatic N) is 1. The van der Waals surface area contributed by atoms with E-state index in [9.17, 15) is 0 Å². The number of hydrogen-bond acceptors (Lipinski definition) is 3. The van der Waals surface area contributed by atoms with Crippen LogP contribution in [0.1, 0.15) is 30.0 Å². The van der Waals surface area contributed by atoms with Crippen molar-refractivity contribution in [3.05, 3.63) is 53.5 Å². The molecule has 0 saturated heterocycles. The van der Waals surface area contributed by atoms with E-state index in [0.717, 1.165) is 29.3 Å². The molecule has 1 atom stereocenters. The summed E-state index contributed by atoms with van der Waals surface area (Å²) < 4.78 is 5.60. The SMILES string of the molecule is Cc1ccc(CN(C)c2ccccc2[C@H](C)N)o1. The minimum atomic E-state index is 0.0296. The van der Waals surface area contributed by atoms with Crippen LogP contribution < -0.4 is 10.6 Å². The lowest BCUT2D eigenvalue weighted by molar-refractivity contribution is 0.481. The standard InChI is InChI=1S/C15H20N2O/c1-11-8-9-13(18-11)10-17(3)15-7-5-4-6-14(15)12(2)16/h4-9,12H,10,16H2,1-3H3/t12-/m0/s1. The van der Waals surface area contributed by atoms with Crippen LogP contribution in [0.15, 0.2) is 40.8 Å². The Morgan fingerprint density at radius 1 is 1.22 bits per heavy atom. The fraction of sp³-hybridized carbons (Fsp3) is 0.333. The molecule has 2 aromatic rings. The van der Waals surface area contributed by atoms with E-state index in [-0.39, 0.29) is 6.04 Å². The van der Waals surface area contributed by atoms with E-state index in [4.69, 9.17) is 10.2 Å². The maximum absolute atomic E-state index is 6.00. The van der Waals surface area contributed by atoms with Crippen LogP contribution in [-0.4, -0.2) is 7.05 Å². The summed E-state index contributed by atoms with van der Waals surface area (Å²) in [7, 11) is 2.05. The van der Waals surface area contributed by atoms with Crippen molar-refractivity contribution < 1.29 is 4.42 Å². The Morgan fingerprint density at radius 3 is 2.56 bits per heavy atom. The molecule has 0 bridgehead atoms. The second kappa shape index (κ2) is 5.27. The molecule has 0 spiro atoms. The summed E-state index contributed by atoms with van der Waals surface area (Å²) in [5.74, 6) is 1.91. The van der Waals surface area contributed by atoms with Gasteiger partial charge in [0.1, 0.15) is 11.5 Å². The number of rotatable bonds is 4. The first-order valence-electron chi connectivity index (χ1n) is 6.19. The third-order valence-electron chi connectivity index (χ3n) is 3.03. The van der Waals surface area contributed by atoms with Crippen LogP contribution in [0, 0.1) is 6.92 Å². The Balaban J connectivity index is 2.20. The normalized spacial score (nSPS) is 12.4. The van der Waals surface area contributed by atoms with E-state index in [2.05, 4.69) is 24.1 Å². The first kappa shape index (κ1) is 12.7. The zero-order valence-corrected chi connectivity index (χ0v) is 11.2. The number of benzene rings is 1. The van der Waals surface area contributed by atoms with E-state index in [1.54, 1.807) is 0 Å². The van der Waals surface area contributed by atoms with Crippen molar-refractivity contribution in [2.24, 2.45) is 5.73 Å². The van der Waals surface area contributed by atoms with Gasteiger partial charge in [-0.15, -0.1) is 0 Å². The van der Waals surface area contributed by atoms with Crippen molar-refractivity contribution >= 4 is 5.69 Å². The van der Waals surface area contributed by atoms with Gasteiger partial charge in [0.15, 0.2) is 0 Å². The lowest BCUT2D eigenvalue weighted by Gasteiger charge is -2.23. The summed E-state index contributed by atoms with van der Waals surface area (Å²) in [5, 5.41) is 0. The van der Waals surface area contributed by atoms with Gasteiger partial charge in [-0.05, 0) is 37.6 Å². The van der Waals surface area contributed by atoms with Crippen LogP contribution >= 0.6 is 0 Å². The van der Waals surface area contributed by atoms with Gasteiger partial charge in [-0.25, -0.2) is 0 Å². The minimum absolute atomic E-state index is 0.0296. The average molecular weight is 244 g/mol. The van der Waals surface area contributed by atoms with Crippen LogP contribution in [0.3, 0.4) is 0 Å². The average Bonchev–Trinajstić information content (AvgIpc) is 2.74. The molecule has 0 radical (unpaired) electrons. The van der Waals surface area contributed by atoms with Crippen molar-refractivity contribution in [3.8, 4) is 0 Å². The van der Waals surface area contributed by atoms with E-state index in [1.165, 1.54) is 0 Å². The Labute approximate surface area is 108 Å². The first-order valence-corrected chi connectivity index (χ1v) is 6.19. The van der Waals surface area contributed by atoms with Crippen molar-refractivity contribution in [3.63, 3.8) is 0 Å². The molecule has 96 valence electrons. The van der Waals surface area contributed by atoms with Gasteiger partial charge in [-0.2, -0.15) is 0 Å². The number of nitrogens with two attached hydrogens (primary N) is 1. The van der Waals surface area contributed by atoms with Crippen molar-refractivity contribution in [2.75, 3.05) is 11.9 Å². The largest absolute Gasteiger partial charge is 0.464 e. The number of anilines is 1. The van der Waals surface area contributed by atoms with E-state index in [0.29, 0.717) is 0 Å². The summed E-state index contributed by atoms with van der Waals surface area (Å²) >= 11 is 0. The molecule has 18 heavy (non-hydrogen) atoms. The molecule has 0 aliphatic rings.